The maximum atomic E-state index is 14.0. The number of guanidine groups is 1. The van der Waals surface area contributed by atoms with Crippen LogP contribution in [0.3, 0.4) is 0 Å². The third-order valence-electron chi connectivity index (χ3n) is 4.97. The zero-order chi connectivity index (χ0) is 17.7. The van der Waals surface area contributed by atoms with Crippen LogP contribution in [0.5, 0.6) is 0 Å². The van der Waals surface area contributed by atoms with Crippen molar-refractivity contribution in [3.63, 3.8) is 0 Å². The third kappa shape index (κ3) is 5.75. The van der Waals surface area contributed by atoms with Crippen molar-refractivity contribution in [1.82, 2.24) is 10.2 Å². The van der Waals surface area contributed by atoms with E-state index in [9.17, 15) is 8.78 Å². The standard InChI is InChI=1S/C18H26F2N4O.HI/c19-14-2-3-15(16(20)12-14)18(4-5-18)13-23-17(21)22-6-1-7-24-8-10-25-11-9-24;/h2-3,12H,1,4-11,13H2,(H3,21,22,23);1H. The molecule has 1 aliphatic carbocycles. The quantitative estimate of drug-likeness (QED) is 0.272. The Bertz CT molecular complexity index is 619. The van der Waals surface area contributed by atoms with Crippen LogP contribution < -0.4 is 11.1 Å². The van der Waals surface area contributed by atoms with Crippen molar-refractivity contribution in [2.75, 3.05) is 45.9 Å². The highest BCUT2D eigenvalue weighted by Crippen LogP contribution is 2.49. The Labute approximate surface area is 170 Å². The normalized spacial score (nSPS) is 19.7. The van der Waals surface area contributed by atoms with Crippen LogP contribution in [0.1, 0.15) is 24.8 Å². The van der Waals surface area contributed by atoms with Crippen molar-refractivity contribution in [2.45, 2.75) is 24.7 Å². The molecule has 0 atom stereocenters. The van der Waals surface area contributed by atoms with Crippen molar-refractivity contribution >= 4 is 29.9 Å². The molecule has 1 saturated carbocycles. The van der Waals surface area contributed by atoms with Gasteiger partial charge in [0.25, 0.3) is 0 Å². The molecule has 0 unspecified atom stereocenters. The van der Waals surface area contributed by atoms with E-state index in [0.717, 1.165) is 64.7 Å². The minimum absolute atomic E-state index is 0. The predicted octanol–water partition coefficient (Wildman–Crippen LogP) is 2.24. The Morgan fingerprint density at radius 1 is 1.27 bits per heavy atom. The molecule has 1 aromatic carbocycles. The number of hydrogen-bond acceptors (Lipinski definition) is 3. The smallest absolute Gasteiger partial charge is 0.188 e. The fourth-order valence-corrected chi connectivity index (χ4v) is 3.22. The molecule has 1 aliphatic heterocycles. The molecule has 0 amide bonds. The lowest BCUT2D eigenvalue weighted by Gasteiger charge is -2.26. The summed E-state index contributed by atoms with van der Waals surface area (Å²) in [6.45, 7) is 5.76. The second kappa shape index (κ2) is 9.80. The summed E-state index contributed by atoms with van der Waals surface area (Å²) in [7, 11) is 0. The summed E-state index contributed by atoms with van der Waals surface area (Å²) in [5, 5.41) is 3.11. The minimum atomic E-state index is -0.554. The Morgan fingerprint density at radius 3 is 2.65 bits per heavy atom. The van der Waals surface area contributed by atoms with E-state index < -0.39 is 11.6 Å². The van der Waals surface area contributed by atoms with Crippen molar-refractivity contribution < 1.29 is 13.5 Å². The van der Waals surface area contributed by atoms with E-state index in [4.69, 9.17) is 10.5 Å². The van der Waals surface area contributed by atoms with Crippen molar-refractivity contribution in [3.05, 3.63) is 35.4 Å². The molecular weight excluding hydrogens is 453 g/mol. The van der Waals surface area contributed by atoms with Gasteiger partial charge in [0.2, 0.25) is 0 Å². The van der Waals surface area contributed by atoms with Crippen LogP contribution in [0, 0.1) is 11.6 Å². The molecule has 3 rings (SSSR count). The highest BCUT2D eigenvalue weighted by Gasteiger charge is 2.46. The number of ether oxygens (including phenoxy) is 1. The maximum Gasteiger partial charge on any atom is 0.188 e. The fraction of sp³-hybridized carbons (Fsp3) is 0.611. The van der Waals surface area contributed by atoms with Gasteiger partial charge in [0.1, 0.15) is 11.6 Å². The highest BCUT2D eigenvalue weighted by atomic mass is 127. The summed E-state index contributed by atoms with van der Waals surface area (Å²) >= 11 is 0. The lowest BCUT2D eigenvalue weighted by molar-refractivity contribution is 0.0376. The van der Waals surface area contributed by atoms with E-state index in [0.29, 0.717) is 18.1 Å². The number of halogens is 3. The summed E-state index contributed by atoms with van der Waals surface area (Å²) < 4.78 is 32.4. The lowest BCUT2D eigenvalue weighted by Crippen LogP contribution is -2.39. The number of nitrogens with one attached hydrogen (secondary N) is 1. The molecule has 1 aromatic rings. The van der Waals surface area contributed by atoms with Crippen molar-refractivity contribution in [3.8, 4) is 0 Å². The largest absolute Gasteiger partial charge is 0.379 e. The average Bonchev–Trinajstić information content (AvgIpc) is 3.39. The van der Waals surface area contributed by atoms with Crippen LogP contribution >= 0.6 is 24.0 Å². The van der Waals surface area contributed by atoms with Gasteiger partial charge in [-0.3, -0.25) is 9.89 Å². The van der Waals surface area contributed by atoms with Crippen LogP contribution in [0.25, 0.3) is 0 Å². The molecule has 26 heavy (non-hydrogen) atoms. The maximum absolute atomic E-state index is 14.0. The summed E-state index contributed by atoms with van der Waals surface area (Å²) in [6.07, 6.45) is 2.68. The molecule has 146 valence electrons. The number of rotatable bonds is 7. The molecular formula is C18H27F2IN4O. The van der Waals surface area contributed by atoms with Crippen LogP contribution in [-0.2, 0) is 10.2 Å². The SMILES string of the molecule is I.NC(=NCC1(c2ccc(F)cc2F)CC1)NCCCN1CCOCC1. The number of nitrogens with zero attached hydrogens (tertiary/aromatic N) is 2. The molecule has 0 spiro atoms. The second-order valence-corrected chi connectivity index (χ2v) is 6.84. The van der Waals surface area contributed by atoms with Gasteiger partial charge in [-0.25, -0.2) is 8.78 Å². The number of benzene rings is 1. The Kier molecular flexibility index (Phi) is 8.03. The van der Waals surface area contributed by atoms with E-state index in [1.807, 2.05) is 0 Å². The Hall–Kier alpha value is -1.00. The molecule has 0 aromatic heterocycles. The molecule has 5 nitrogen and oxygen atoms in total. The van der Waals surface area contributed by atoms with Gasteiger partial charge in [0, 0.05) is 31.1 Å². The summed E-state index contributed by atoms with van der Waals surface area (Å²) in [6, 6.07) is 3.76. The molecule has 2 fully saturated rings. The van der Waals surface area contributed by atoms with Gasteiger partial charge < -0.3 is 15.8 Å². The topological polar surface area (TPSA) is 62.9 Å². The number of nitrogens with two attached hydrogens (primary N) is 1. The first-order valence-electron chi connectivity index (χ1n) is 8.88. The first-order chi connectivity index (χ1) is 12.1. The van der Waals surface area contributed by atoms with Crippen LogP contribution in [0.2, 0.25) is 0 Å². The number of aliphatic imine (C=N–C) groups is 1. The van der Waals surface area contributed by atoms with Gasteiger partial charge in [-0.2, -0.15) is 0 Å². The highest BCUT2D eigenvalue weighted by molar-refractivity contribution is 14.0. The fourth-order valence-electron chi connectivity index (χ4n) is 3.22. The average molecular weight is 480 g/mol. The summed E-state index contributed by atoms with van der Waals surface area (Å²) in [5.41, 5.74) is 6.14. The minimum Gasteiger partial charge on any atom is -0.379 e. The van der Waals surface area contributed by atoms with E-state index in [2.05, 4.69) is 15.2 Å². The van der Waals surface area contributed by atoms with E-state index >= 15 is 0 Å². The molecule has 1 heterocycles. The molecule has 0 radical (unpaired) electrons. The van der Waals surface area contributed by atoms with Crippen LogP contribution in [-0.4, -0.2) is 56.8 Å². The predicted molar refractivity (Wildman–Crippen MR) is 109 cm³/mol. The van der Waals surface area contributed by atoms with E-state index in [-0.39, 0.29) is 29.4 Å². The summed E-state index contributed by atoms with van der Waals surface area (Å²) in [4.78, 5) is 6.74. The van der Waals surface area contributed by atoms with Gasteiger partial charge >= 0.3 is 0 Å². The molecule has 2 aliphatic rings. The summed E-state index contributed by atoms with van der Waals surface area (Å²) in [5.74, 6) is -0.664. The first-order valence-corrected chi connectivity index (χ1v) is 8.88. The van der Waals surface area contributed by atoms with E-state index in [1.165, 1.54) is 12.1 Å². The number of hydrogen-bond donors (Lipinski definition) is 2. The lowest BCUT2D eigenvalue weighted by atomic mass is 9.95. The third-order valence-corrected chi connectivity index (χ3v) is 4.97. The molecule has 3 N–H and O–H groups in total. The monoisotopic (exact) mass is 480 g/mol. The number of morpholine rings is 1. The molecule has 8 heteroatoms. The zero-order valence-electron chi connectivity index (χ0n) is 14.8. The van der Waals surface area contributed by atoms with Gasteiger partial charge in [-0.15, -0.1) is 24.0 Å². The van der Waals surface area contributed by atoms with Crippen molar-refractivity contribution in [1.29, 1.82) is 0 Å². The van der Waals surface area contributed by atoms with Crippen molar-refractivity contribution in [2.24, 2.45) is 10.7 Å². The van der Waals surface area contributed by atoms with Crippen LogP contribution in [0.15, 0.2) is 23.2 Å². The van der Waals surface area contributed by atoms with Gasteiger partial charge in [-0.1, -0.05) is 6.07 Å². The Morgan fingerprint density at radius 2 is 2.00 bits per heavy atom. The molecule has 1 saturated heterocycles. The van der Waals surface area contributed by atoms with Crippen LogP contribution in [0.4, 0.5) is 8.78 Å². The zero-order valence-corrected chi connectivity index (χ0v) is 17.2. The van der Waals surface area contributed by atoms with Gasteiger partial charge in [0.05, 0.1) is 19.8 Å². The van der Waals surface area contributed by atoms with Gasteiger partial charge in [0.15, 0.2) is 5.96 Å². The second-order valence-electron chi connectivity index (χ2n) is 6.84. The molecule has 0 bridgehead atoms. The first kappa shape index (κ1) is 21.3. The van der Waals surface area contributed by atoms with E-state index in [1.54, 1.807) is 0 Å². The van der Waals surface area contributed by atoms with Gasteiger partial charge in [-0.05, 0) is 37.4 Å². The Balaban J connectivity index is 0.00000243.